The van der Waals surface area contributed by atoms with Gasteiger partial charge in [0, 0.05) is 22.6 Å². The van der Waals surface area contributed by atoms with Crippen LogP contribution in [0.2, 0.25) is 0 Å². The van der Waals surface area contributed by atoms with E-state index in [2.05, 4.69) is 6.07 Å². The van der Waals surface area contributed by atoms with Crippen LogP contribution in [-0.2, 0) is 17.6 Å². The maximum Gasteiger partial charge on any atom is 0.326 e. The quantitative estimate of drug-likeness (QED) is 0.916. The van der Waals surface area contributed by atoms with E-state index in [9.17, 15) is 9.90 Å². The lowest BCUT2D eigenvalue weighted by atomic mass is 9.92. The minimum Gasteiger partial charge on any atom is -0.480 e. The van der Waals surface area contributed by atoms with Crippen molar-refractivity contribution in [3.63, 3.8) is 0 Å². The number of carboxylic acid groups (broad SMARTS) is 1. The fraction of sp³-hybridized carbons (Fsp3) is 0.438. The van der Waals surface area contributed by atoms with Gasteiger partial charge < -0.3 is 15.4 Å². The molecule has 1 aliphatic carbocycles. The second-order valence-corrected chi connectivity index (χ2v) is 5.58. The van der Waals surface area contributed by atoms with Gasteiger partial charge >= 0.3 is 5.97 Å². The van der Waals surface area contributed by atoms with E-state index in [1.165, 1.54) is 11.3 Å². The van der Waals surface area contributed by atoms with Crippen molar-refractivity contribution in [1.82, 2.24) is 4.57 Å². The number of hydrogen-bond acceptors (Lipinski definition) is 2. The monoisotopic (exact) mass is 308 g/mol. The Morgan fingerprint density at radius 3 is 2.86 bits per heavy atom. The van der Waals surface area contributed by atoms with Gasteiger partial charge in [-0.05, 0) is 37.3 Å². The zero-order chi connectivity index (χ0) is 14.3. The summed E-state index contributed by atoms with van der Waals surface area (Å²) in [5, 5.41) is 10.7. The minimum atomic E-state index is -0.758. The lowest BCUT2D eigenvalue weighted by molar-refractivity contribution is -0.140. The third-order valence-corrected chi connectivity index (χ3v) is 4.33. The zero-order valence-corrected chi connectivity index (χ0v) is 12.9. The summed E-state index contributed by atoms with van der Waals surface area (Å²) in [6.07, 6.45) is 3.24. The van der Waals surface area contributed by atoms with Crippen LogP contribution in [-0.4, -0.2) is 21.7 Å². The Labute approximate surface area is 130 Å². The van der Waals surface area contributed by atoms with Crippen molar-refractivity contribution < 1.29 is 9.90 Å². The van der Waals surface area contributed by atoms with E-state index in [4.69, 9.17) is 5.73 Å². The molecule has 2 atom stereocenters. The molecule has 3 rings (SSSR count). The summed E-state index contributed by atoms with van der Waals surface area (Å²) >= 11 is 0. The molecule has 1 aliphatic rings. The normalized spacial score (nSPS) is 18.9. The minimum absolute atomic E-state index is 0. The molecule has 1 aromatic heterocycles. The second kappa shape index (κ2) is 6.08. The van der Waals surface area contributed by atoms with Crippen molar-refractivity contribution in [1.29, 1.82) is 0 Å². The summed E-state index contributed by atoms with van der Waals surface area (Å²) in [6, 6.07) is 7.78. The maximum absolute atomic E-state index is 11.6. The molecular formula is C16H21ClN2O2. The van der Waals surface area contributed by atoms with Crippen LogP contribution in [0, 0.1) is 0 Å². The summed E-state index contributed by atoms with van der Waals surface area (Å²) in [7, 11) is 0. The number of rotatable bonds is 3. The molecule has 0 saturated carbocycles. The van der Waals surface area contributed by atoms with Crippen molar-refractivity contribution >= 4 is 29.3 Å². The second-order valence-electron chi connectivity index (χ2n) is 5.58. The van der Waals surface area contributed by atoms with Gasteiger partial charge in [-0.2, -0.15) is 0 Å². The number of nitrogens with two attached hydrogens (primary N) is 1. The van der Waals surface area contributed by atoms with E-state index in [1.807, 2.05) is 29.7 Å². The topological polar surface area (TPSA) is 68.2 Å². The van der Waals surface area contributed by atoms with Crippen molar-refractivity contribution in [3.05, 3.63) is 35.5 Å². The summed E-state index contributed by atoms with van der Waals surface area (Å²) in [5.41, 5.74) is 9.54. The predicted molar refractivity (Wildman–Crippen MR) is 86.2 cm³/mol. The van der Waals surface area contributed by atoms with Gasteiger partial charge in [-0.3, -0.25) is 0 Å². The Bertz CT molecular complexity index is 666. The summed E-state index contributed by atoms with van der Waals surface area (Å²) in [4.78, 5) is 11.6. The Kier molecular flexibility index (Phi) is 4.59. The summed E-state index contributed by atoms with van der Waals surface area (Å²) in [5.74, 6) is -0.758. The smallest absolute Gasteiger partial charge is 0.326 e. The highest BCUT2D eigenvalue weighted by atomic mass is 35.5. The molecule has 2 unspecified atom stereocenters. The van der Waals surface area contributed by atoms with Gasteiger partial charge in [0.25, 0.3) is 0 Å². The maximum atomic E-state index is 11.6. The van der Waals surface area contributed by atoms with Crippen LogP contribution in [0.25, 0.3) is 10.9 Å². The van der Waals surface area contributed by atoms with Crippen molar-refractivity contribution in [2.45, 2.75) is 44.7 Å². The molecular weight excluding hydrogens is 288 g/mol. The van der Waals surface area contributed by atoms with Crippen LogP contribution in [0.3, 0.4) is 0 Å². The first-order chi connectivity index (χ1) is 9.63. The molecule has 0 spiro atoms. The lowest BCUT2D eigenvalue weighted by Crippen LogP contribution is -2.29. The molecule has 114 valence electrons. The third kappa shape index (κ3) is 2.54. The van der Waals surface area contributed by atoms with Gasteiger partial charge in [-0.15, -0.1) is 12.4 Å². The highest BCUT2D eigenvalue weighted by Crippen LogP contribution is 2.35. The zero-order valence-electron chi connectivity index (χ0n) is 12.1. The predicted octanol–water partition coefficient (Wildman–Crippen LogP) is 2.91. The van der Waals surface area contributed by atoms with Crippen LogP contribution >= 0.6 is 12.4 Å². The molecule has 2 aromatic rings. The number of carboxylic acids is 1. The summed E-state index contributed by atoms with van der Waals surface area (Å²) in [6.45, 7) is 1.93. The van der Waals surface area contributed by atoms with Crippen molar-refractivity contribution in [3.8, 4) is 0 Å². The summed E-state index contributed by atoms with van der Waals surface area (Å²) < 4.78 is 2.03. The standard InChI is InChI=1S/C16H20N2O2.ClH/c1-2-13(16(19)20)18-14-6-4-3-5-11(14)12-9-10(17)7-8-15(12)18;/h3-6,10,13H,2,7-9,17H2,1H3,(H,19,20);1H. The van der Waals surface area contributed by atoms with Crippen LogP contribution in [0.5, 0.6) is 0 Å². The average molecular weight is 309 g/mol. The van der Waals surface area contributed by atoms with Crippen molar-refractivity contribution in [2.75, 3.05) is 0 Å². The first kappa shape index (κ1) is 15.9. The van der Waals surface area contributed by atoms with Crippen LogP contribution in [0.15, 0.2) is 24.3 Å². The molecule has 0 bridgehead atoms. The fourth-order valence-corrected chi connectivity index (χ4v) is 3.39. The Hall–Kier alpha value is -1.52. The number of aromatic nitrogens is 1. The first-order valence-electron chi connectivity index (χ1n) is 7.22. The molecule has 0 amide bonds. The molecule has 0 fully saturated rings. The Balaban J connectivity index is 0.00000161. The van der Waals surface area contributed by atoms with Crippen LogP contribution < -0.4 is 5.73 Å². The molecule has 0 radical (unpaired) electrons. The molecule has 1 heterocycles. The number of nitrogens with zero attached hydrogens (tertiary/aromatic N) is 1. The average Bonchev–Trinajstić information content (AvgIpc) is 2.74. The number of halogens is 1. The van der Waals surface area contributed by atoms with Gasteiger partial charge in [0.05, 0.1) is 0 Å². The number of carbonyl (C=O) groups is 1. The van der Waals surface area contributed by atoms with Gasteiger partial charge in [0.2, 0.25) is 0 Å². The lowest BCUT2D eigenvalue weighted by Gasteiger charge is -2.23. The van der Waals surface area contributed by atoms with E-state index >= 15 is 0 Å². The van der Waals surface area contributed by atoms with Gasteiger partial charge in [-0.1, -0.05) is 25.1 Å². The van der Waals surface area contributed by atoms with E-state index in [-0.39, 0.29) is 18.4 Å². The van der Waals surface area contributed by atoms with Gasteiger partial charge in [0.15, 0.2) is 0 Å². The van der Waals surface area contributed by atoms with Crippen LogP contribution in [0.1, 0.15) is 37.1 Å². The largest absolute Gasteiger partial charge is 0.480 e. The Morgan fingerprint density at radius 2 is 2.19 bits per heavy atom. The third-order valence-electron chi connectivity index (χ3n) is 4.33. The van der Waals surface area contributed by atoms with E-state index in [0.717, 1.165) is 30.2 Å². The van der Waals surface area contributed by atoms with Gasteiger partial charge in [0.1, 0.15) is 6.04 Å². The number of fused-ring (bicyclic) bond motifs is 3. The SMILES string of the molecule is CCC(C(=O)O)n1c2c(c3ccccc31)CC(N)CC2.Cl. The number of para-hydroxylation sites is 1. The molecule has 4 nitrogen and oxygen atoms in total. The van der Waals surface area contributed by atoms with E-state index < -0.39 is 12.0 Å². The highest BCUT2D eigenvalue weighted by molar-refractivity contribution is 5.88. The molecule has 5 heteroatoms. The van der Waals surface area contributed by atoms with Crippen LogP contribution in [0.4, 0.5) is 0 Å². The van der Waals surface area contributed by atoms with Gasteiger partial charge in [-0.25, -0.2) is 4.79 Å². The molecule has 21 heavy (non-hydrogen) atoms. The molecule has 1 aromatic carbocycles. The van der Waals surface area contributed by atoms with E-state index in [1.54, 1.807) is 0 Å². The first-order valence-corrected chi connectivity index (χ1v) is 7.22. The fourth-order valence-electron chi connectivity index (χ4n) is 3.39. The Morgan fingerprint density at radius 1 is 1.48 bits per heavy atom. The van der Waals surface area contributed by atoms with E-state index in [0.29, 0.717) is 6.42 Å². The number of benzene rings is 1. The van der Waals surface area contributed by atoms with Crippen molar-refractivity contribution in [2.24, 2.45) is 5.73 Å². The molecule has 0 saturated heterocycles. The number of aliphatic carboxylic acids is 1. The molecule has 3 N–H and O–H groups in total. The number of hydrogen-bond donors (Lipinski definition) is 2. The molecule has 0 aliphatic heterocycles. The highest BCUT2D eigenvalue weighted by Gasteiger charge is 2.28.